The first-order chi connectivity index (χ1) is 7.91. The lowest BCUT2D eigenvalue weighted by atomic mass is 10.2. The van der Waals surface area contributed by atoms with Crippen LogP contribution in [0.25, 0.3) is 11.5 Å². The average Bonchev–Trinajstić information content (AvgIpc) is 2.26. The van der Waals surface area contributed by atoms with E-state index in [9.17, 15) is 18.0 Å². The molecule has 2 rings (SSSR count). The molecule has 0 atom stereocenters. The molecule has 17 heavy (non-hydrogen) atoms. The number of fused-ring (bicyclic) bond motifs is 1. The molecule has 0 radical (unpaired) electrons. The largest absolute Gasteiger partial charge is 0.432 e. The standard InChI is InChI=1S/C10H8F3N3O/c1-2-5-3-6-8(16-9(5)17)15-7(4-14-6)10(11,12)13/h3-4H,2H2,1H3,(H,15,16,17). The fraction of sp³-hybridized carbons (Fsp3) is 0.300. The van der Waals surface area contributed by atoms with Crippen molar-refractivity contribution < 1.29 is 13.2 Å². The Morgan fingerprint density at radius 1 is 1.41 bits per heavy atom. The van der Waals surface area contributed by atoms with Crippen molar-refractivity contribution in [2.45, 2.75) is 19.5 Å². The van der Waals surface area contributed by atoms with Gasteiger partial charge in [0.2, 0.25) is 0 Å². The molecule has 0 saturated heterocycles. The molecule has 2 aliphatic heterocycles. The van der Waals surface area contributed by atoms with Crippen LogP contribution < -0.4 is 5.56 Å². The molecule has 1 N–H and O–H groups in total. The smallest absolute Gasteiger partial charge is 0.333 e. The number of hydrogen-bond acceptors (Lipinski definition) is 3. The third kappa shape index (κ3) is 2.13. The molecule has 90 valence electrons. The van der Waals surface area contributed by atoms with E-state index in [0.717, 1.165) is 0 Å². The zero-order chi connectivity index (χ0) is 12.6. The molecular weight excluding hydrogens is 235 g/mol. The highest BCUT2D eigenvalue weighted by molar-refractivity contribution is 5.51. The van der Waals surface area contributed by atoms with Crippen LogP contribution in [0.5, 0.6) is 0 Å². The molecule has 0 saturated carbocycles. The van der Waals surface area contributed by atoms with Gasteiger partial charge in [-0.15, -0.1) is 0 Å². The van der Waals surface area contributed by atoms with Gasteiger partial charge in [0.15, 0.2) is 5.82 Å². The molecule has 2 aliphatic rings. The number of aromatic amines is 1. The number of pyridine rings is 1. The summed E-state index contributed by atoms with van der Waals surface area (Å²) in [4.78, 5) is 20.6. The molecule has 4 nitrogen and oxygen atoms in total. The van der Waals surface area contributed by atoms with Gasteiger partial charge < -0.3 is 4.98 Å². The molecule has 0 bridgehead atoms. The van der Waals surface area contributed by atoms with E-state index in [2.05, 4.69) is 15.0 Å². The zero-order valence-electron chi connectivity index (χ0n) is 8.80. The third-order valence-corrected chi connectivity index (χ3v) is 2.31. The monoisotopic (exact) mass is 243 g/mol. The van der Waals surface area contributed by atoms with E-state index >= 15 is 0 Å². The summed E-state index contributed by atoms with van der Waals surface area (Å²) in [7, 11) is 0. The maximum atomic E-state index is 12.4. The predicted molar refractivity (Wildman–Crippen MR) is 53.7 cm³/mol. The molecule has 0 aromatic heterocycles. The number of hydrogen-bond donors (Lipinski definition) is 1. The van der Waals surface area contributed by atoms with Gasteiger partial charge in [-0.2, -0.15) is 18.2 Å². The highest BCUT2D eigenvalue weighted by atomic mass is 19.4. The van der Waals surface area contributed by atoms with Crippen LogP contribution in [0.15, 0.2) is 17.1 Å². The van der Waals surface area contributed by atoms with Crippen molar-refractivity contribution in [3.05, 3.63) is 33.9 Å². The van der Waals surface area contributed by atoms with Gasteiger partial charge in [0, 0.05) is 5.56 Å². The lowest BCUT2D eigenvalue weighted by Gasteiger charge is -2.10. The minimum absolute atomic E-state index is 0.151. The van der Waals surface area contributed by atoms with Crippen LogP contribution in [-0.4, -0.2) is 15.0 Å². The summed E-state index contributed by atoms with van der Waals surface area (Å²) in [6.45, 7) is 1.76. The van der Waals surface area contributed by atoms with Crippen LogP contribution in [0.3, 0.4) is 0 Å². The summed E-state index contributed by atoms with van der Waals surface area (Å²) in [5.41, 5.74) is -0.883. The summed E-state index contributed by atoms with van der Waals surface area (Å²) in [5, 5.41) is 0. The number of alkyl halides is 3. The molecule has 0 fully saturated rings. The lowest BCUT2D eigenvalue weighted by molar-refractivity contribution is -0.141. The molecule has 0 unspecified atom stereocenters. The molecule has 0 aliphatic carbocycles. The molecule has 0 amide bonds. The van der Waals surface area contributed by atoms with E-state index < -0.39 is 17.4 Å². The van der Waals surface area contributed by atoms with Crippen molar-refractivity contribution in [2.24, 2.45) is 0 Å². The molecule has 0 aromatic carbocycles. The Labute approximate surface area is 93.9 Å². The molecular formula is C10H8F3N3O. The van der Waals surface area contributed by atoms with Crippen LogP contribution >= 0.6 is 0 Å². The SMILES string of the molecule is CCc1cc2ncc(C(F)(F)F)[nH]c-2nc1=O. The first-order valence-electron chi connectivity index (χ1n) is 4.88. The van der Waals surface area contributed by atoms with Gasteiger partial charge in [-0.3, -0.25) is 9.78 Å². The van der Waals surface area contributed by atoms with Gasteiger partial charge in [-0.05, 0) is 12.5 Å². The Morgan fingerprint density at radius 3 is 2.71 bits per heavy atom. The second-order valence-corrected chi connectivity index (χ2v) is 3.47. The van der Waals surface area contributed by atoms with E-state index in [1.54, 1.807) is 6.92 Å². The minimum atomic E-state index is -4.53. The summed E-state index contributed by atoms with van der Waals surface area (Å²) in [6, 6.07) is 1.45. The fourth-order valence-corrected chi connectivity index (χ4v) is 1.41. The lowest BCUT2D eigenvalue weighted by Crippen LogP contribution is -2.17. The summed E-state index contributed by atoms with van der Waals surface area (Å²) >= 11 is 0. The van der Waals surface area contributed by atoms with Crippen LogP contribution in [-0.2, 0) is 12.6 Å². The first kappa shape index (κ1) is 11.6. The highest BCUT2D eigenvalue weighted by Crippen LogP contribution is 2.28. The highest BCUT2D eigenvalue weighted by Gasteiger charge is 2.33. The zero-order valence-corrected chi connectivity index (χ0v) is 8.80. The second kappa shape index (κ2) is 3.83. The van der Waals surface area contributed by atoms with Crippen LogP contribution in [0, 0.1) is 0 Å². The van der Waals surface area contributed by atoms with Gasteiger partial charge in [0.05, 0.1) is 6.20 Å². The maximum Gasteiger partial charge on any atom is 0.432 e. The molecule has 2 heterocycles. The van der Waals surface area contributed by atoms with Crippen molar-refractivity contribution in [1.82, 2.24) is 15.0 Å². The number of nitrogens with one attached hydrogen (secondary N) is 1. The number of nitrogens with zero attached hydrogens (tertiary/aromatic N) is 2. The van der Waals surface area contributed by atoms with Gasteiger partial charge in [-0.25, -0.2) is 0 Å². The van der Waals surface area contributed by atoms with Crippen LogP contribution in [0.2, 0.25) is 0 Å². The van der Waals surface area contributed by atoms with Gasteiger partial charge >= 0.3 is 6.18 Å². The molecule has 7 heteroatoms. The summed E-state index contributed by atoms with van der Waals surface area (Å²) in [6.07, 6.45) is -3.38. The molecule has 0 aromatic rings. The Balaban J connectivity index is 2.65. The first-order valence-corrected chi connectivity index (χ1v) is 4.88. The Kier molecular flexibility index (Phi) is 2.60. The fourth-order valence-electron chi connectivity index (χ4n) is 1.41. The van der Waals surface area contributed by atoms with Crippen molar-refractivity contribution in [1.29, 1.82) is 0 Å². The van der Waals surface area contributed by atoms with E-state index in [-0.39, 0.29) is 11.5 Å². The normalized spacial score (nSPS) is 12.0. The van der Waals surface area contributed by atoms with Crippen LogP contribution in [0.4, 0.5) is 13.2 Å². The predicted octanol–water partition coefficient (Wildman–Crippen LogP) is 1.85. The summed E-state index contributed by atoms with van der Waals surface area (Å²) in [5.74, 6) is -0.151. The van der Waals surface area contributed by atoms with E-state index in [0.29, 0.717) is 18.2 Å². The Bertz CT molecular complexity index is 576. The minimum Gasteiger partial charge on any atom is -0.333 e. The number of H-pyrrole nitrogens is 1. The van der Waals surface area contributed by atoms with Gasteiger partial charge in [0.25, 0.3) is 5.56 Å². The number of aryl methyl sites for hydroxylation is 1. The van der Waals surface area contributed by atoms with Crippen molar-refractivity contribution in [3.63, 3.8) is 0 Å². The van der Waals surface area contributed by atoms with Crippen molar-refractivity contribution in [2.75, 3.05) is 0 Å². The van der Waals surface area contributed by atoms with E-state index in [1.807, 2.05) is 0 Å². The summed E-state index contributed by atoms with van der Waals surface area (Å²) < 4.78 is 37.2. The number of rotatable bonds is 1. The van der Waals surface area contributed by atoms with Crippen molar-refractivity contribution >= 4 is 0 Å². The topological polar surface area (TPSA) is 58.6 Å². The van der Waals surface area contributed by atoms with Crippen LogP contribution in [0.1, 0.15) is 18.2 Å². The Morgan fingerprint density at radius 2 is 2.12 bits per heavy atom. The quantitative estimate of drug-likeness (QED) is 0.831. The average molecular weight is 243 g/mol. The Hall–Kier alpha value is -1.92. The van der Waals surface area contributed by atoms with Gasteiger partial charge in [-0.1, -0.05) is 6.92 Å². The van der Waals surface area contributed by atoms with E-state index in [4.69, 9.17) is 0 Å². The van der Waals surface area contributed by atoms with E-state index in [1.165, 1.54) is 6.07 Å². The maximum absolute atomic E-state index is 12.4. The van der Waals surface area contributed by atoms with Gasteiger partial charge in [0.1, 0.15) is 11.4 Å². The molecule has 0 spiro atoms. The number of aromatic nitrogens is 3. The number of halogens is 3. The third-order valence-electron chi connectivity index (χ3n) is 2.31. The van der Waals surface area contributed by atoms with Crippen molar-refractivity contribution in [3.8, 4) is 11.5 Å². The second-order valence-electron chi connectivity index (χ2n) is 3.47.